The Bertz CT molecular complexity index is 534. The Kier molecular flexibility index (Phi) is 3.72. The Morgan fingerprint density at radius 3 is 2.83 bits per heavy atom. The fourth-order valence-electron chi connectivity index (χ4n) is 1.63. The van der Waals surface area contributed by atoms with Gasteiger partial charge in [-0.15, -0.1) is 0 Å². The molecule has 5 nitrogen and oxygen atoms in total. The van der Waals surface area contributed by atoms with Crippen molar-refractivity contribution in [2.24, 2.45) is 0 Å². The van der Waals surface area contributed by atoms with Crippen LogP contribution in [0.5, 0.6) is 0 Å². The maximum absolute atomic E-state index is 11.7. The minimum absolute atomic E-state index is 0.0188. The molecule has 1 heterocycles. The van der Waals surface area contributed by atoms with Crippen LogP contribution in [-0.2, 0) is 11.2 Å². The first kappa shape index (κ1) is 12.3. The average Bonchev–Trinajstić information content (AvgIpc) is 2.84. The number of H-pyrrole nitrogens is 1. The quantitative estimate of drug-likeness (QED) is 0.864. The molecule has 0 radical (unpaired) electrons. The van der Waals surface area contributed by atoms with Gasteiger partial charge in [-0.1, -0.05) is 6.07 Å². The second kappa shape index (κ2) is 5.44. The molecule has 0 saturated heterocycles. The summed E-state index contributed by atoms with van der Waals surface area (Å²) in [5.41, 5.74) is 3.22. The van der Waals surface area contributed by atoms with Crippen molar-refractivity contribution in [2.45, 2.75) is 26.7 Å². The Labute approximate surface area is 106 Å². The fraction of sp³-hybridized carbons (Fsp3) is 0.308. The number of nitrogens with zero attached hydrogens (tertiary/aromatic N) is 2. The highest BCUT2D eigenvalue weighted by Crippen LogP contribution is 2.14. The summed E-state index contributed by atoms with van der Waals surface area (Å²) >= 11 is 0. The largest absolute Gasteiger partial charge is 0.326 e. The highest BCUT2D eigenvalue weighted by molar-refractivity contribution is 5.90. The van der Waals surface area contributed by atoms with Crippen LogP contribution >= 0.6 is 0 Å². The number of rotatable bonds is 4. The second-order valence-corrected chi connectivity index (χ2v) is 4.28. The molecule has 94 valence electrons. The van der Waals surface area contributed by atoms with Crippen molar-refractivity contribution in [3.05, 3.63) is 41.5 Å². The van der Waals surface area contributed by atoms with Crippen molar-refractivity contribution in [2.75, 3.05) is 5.32 Å². The third-order valence-corrected chi connectivity index (χ3v) is 2.84. The number of anilines is 1. The van der Waals surface area contributed by atoms with Crippen molar-refractivity contribution < 1.29 is 4.79 Å². The van der Waals surface area contributed by atoms with Gasteiger partial charge in [0.25, 0.3) is 0 Å². The van der Waals surface area contributed by atoms with Gasteiger partial charge in [-0.2, -0.15) is 5.10 Å². The number of carbonyl (C=O) groups is 1. The Morgan fingerprint density at radius 1 is 1.33 bits per heavy atom. The zero-order valence-electron chi connectivity index (χ0n) is 10.5. The van der Waals surface area contributed by atoms with E-state index in [1.165, 1.54) is 17.5 Å². The number of aromatic nitrogens is 3. The van der Waals surface area contributed by atoms with Gasteiger partial charge in [0, 0.05) is 18.5 Å². The molecule has 2 aromatic rings. The first-order valence-electron chi connectivity index (χ1n) is 5.86. The highest BCUT2D eigenvalue weighted by atomic mass is 16.1. The molecule has 0 aliphatic carbocycles. The third-order valence-electron chi connectivity index (χ3n) is 2.84. The van der Waals surface area contributed by atoms with Crippen LogP contribution < -0.4 is 5.32 Å². The van der Waals surface area contributed by atoms with Gasteiger partial charge in [-0.05, 0) is 37.1 Å². The molecule has 0 fully saturated rings. The van der Waals surface area contributed by atoms with E-state index in [-0.39, 0.29) is 5.91 Å². The molecular formula is C13H16N4O. The van der Waals surface area contributed by atoms with Gasteiger partial charge in [-0.3, -0.25) is 9.89 Å². The van der Waals surface area contributed by atoms with Crippen LogP contribution in [0.25, 0.3) is 0 Å². The van der Waals surface area contributed by atoms with E-state index in [4.69, 9.17) is 0 Å². The zero-order valence-corrected chi connectivity index (χ0v) is 10.5. The van der Waals surface area contributed by atoms with Crippen molar-refractivity contribution in [3.8, 4) is 0 Å². The van der Waals surface area contributed by atoms with Gasteiger partial charge in [0.2, 0.25) is 5.91 Å². The molecule has 5 heteroatoms. The summed E-state index contributed by atoms with van der Waals surface area (Å²) in [7, 11) is 0. The summed E-state index contributed by atoms with van der Waals surface area (Å²) in [6, 6.07) is 5.89. The van der Waals surface area contributed by atoms with Gasteiger partial charge in [-0.25, -0.2) is 4.98 Å². The number of benzene rings is 1. The predicted molar refractivity (Wildman–Crippen MR) is 69.2 cm³/mol. The summed E-state index contributed by atoms with van der Waals surface area (Å²) in [5, 5.41) is 9.34. The summed E-state index contributed by atoms with van der Waals surface area (Å²) < 4.78 is 0. The number of amides is 1. The van der Waals surface area contributed by atoms with Crippen LogP contribution in [0.4, 0.5) is 5.69 Å². The van der Waals surface area contributed by atoms with Crippen LogP contribution in [0.15, 0.2) is 24.5 Å². The lowest BCUT2D eigenvalue weighted by atomic mass is 10.1. The number of hydrogen-bond donors (Lipinski definition) is 2. The molecule has 0 saturated carbocycles. The molecule has 0 aliphatic heterocycles. The van der Waals surface area contributed by atoms with Crippen molar-refractivity contribution in [3.63, 3.8) is 0 Å². The summed E-state index contributed by atoms with van der Waals surface area (Å²) in [6.45, 7) is 4.07. The van der Waals surface area contributed by atoms with Crippen LogP contribution in [0, 0.1) is 13.8 Å². The van der Waals surface area contributed by atoms with Crippen molar-refractivity contribution in [1.29, 1.82) is 0 Å². The molecule has 0 aliphatic rings. The smallest absolute Gasteiger partial charge is 0.224 e. The SMILES string of the molecule is Cc1ccc(NC(=O)CCc2ncn[nH]2)cc1C. The molecule has 0 bridgehead atoms. The maximum Gasteiger partial charge on any atom is 0.224 e. The second-order valence-electron chi connectivity index (χ2n) is 4.28. The third kappa shape index (κ3) is 3.16. The molecule has 2 rings (SSSR count). The fourth-order valence-corrected chi connectivity index (χ4v) is 1.63. The van der Waals surface area contributed by atoms with Crippen molar-refractivity contribution >= 4 is 11.6 Å². The number of aromatic amines is 1. The molecule has 1 amide bonds. The number of hydrogen-bond acceptors (Lipinski definition) is 3. The lowest BCUT2D eigenvalue weighted by Gasteiger charge is -2.07. The van der Waals surface area contributed by atoms with Crippen LogP contribution in [0.3, 0.4) is 0 Å². The standard InChI is InChI=1S/C13H16N4O/c1-9-3-4-11(7-10(9)2)16-13(18)6-5-12-14-8-15-17-12/h3-4,7-8H,5-6H2,1-2H3,(H,16,18)(H,14,15,17). The topological polar surface area (TPSA) is 70.7 Å². The molecular weight excluding hydrogens is 228 g/mol. The van der Waals surface area contributed by atoms with Gasteiger partial charge in [0.15, 0.2) is 0 Å². The number of nitrogens with one attached hydrogen (secondary N) is 2. The summed E-state index contributed by atoms with van der Waals surface area (Å²) in [4.78, 5) is 15.7. The van der Waals surface area contributed by atoms with E-state index >= 15 is 0 Å². The minimum Gasteiger partial charge on any atom is -0.326 e. The normalized spacial score (nSPS) is 10.3. The lowest BCUT2D eigenvalue weighted by molar-refractivity contribution is -0.116. The van der Waals surface area contributed by atoms with Crippen LogP contribution in [0.1, 0.15) is 23.4 Å². The summed E-state index contributed by atoms with van der Waals surface area (Å²) in [5.74, 6) is 0.708. The van der Waals surface area contributed by atoms with E-state index in [0.29, 0.717) is 12.8 Å². The zero-order chi connectivity index (χ0) is 13.0. The molecule has 1 aromatic heterocycles. The molecule has 0 spiro atoms. The maximum atomic E-state index is 11.7. The monoisotopic (exact) mass is 244 g/mol. The minimum atomic E-state index is -0.0188. The highest BCUT2D eigenvalue weighted by Gasteiger charge is 2.05. The van der Waals surface area contributed by atoms with Crippen molar-refractivity contribution in [1.82, 2.24) is 15.2 Å². The molecule has 2 N–H and O–H groups in total. The average molecular weight is 244 g/mol. The van der Waals surface area contributed by atoms with Gasteiger partial charge < -0.3 is 5.32 Å². The molecule has 1 aromatic carbocycles. The molecule has 0 unspecified atom stereocenters. The number of aryl methyl sites for hydroxylation is 3. The first-order valence-corrected chi connectivity index (χ1v) is 5.86. The van der Waals surface area contributed by atoms with Gasteiger partial charge >= 0.3 is 0 Å². The number of carbonyl (C=O) groups excluding carboxylic acids is 1. The first-order chi connectivity index (χ1) is 8.65. The molecule has 0 atom stereocenters. The Hall–Kier alpha value is -2.17. The van der Waals surface area contributed by atoms with Crippen LogP contribution in [0.2, 0.25) is 0 Å². The van der Waals surface area contributed by atoms with E-state index < -0.39 is 0 Å². The van der Waals surface area contributed by atoms with E-state index in [0.717, 1.165) is 11.5 Å². The van der Waals surface area contributed by atoms with E-state index in [1.54, 1.807) is 0 Å². The van der Waals surface area contributed by atoms with Gasteiger partial charge in [0.05, 0.1) is 0 Å². The lowest BCUT2D eigenvalue weighted by Crippen LogP contribution is -2.12. The van der Waals surface area contributed by atoms with E-state index in [1.807, 2.05) is 32.0 Å². The van der Waals surface area contributed by atoms with Crippen LogP contribution in [-0.4, -0.2) is 21.1 Å². The molecule has 18 heavy (non-hydrogen) atoms. The van der Waals surface area contributed by atoms with E-state index in [2.05, 4.69) is 20.5 Å². The Morgan fingerprint density at radius 2 is 2.17 bits per heavy atom. The van der Waals surface area contributed by atoms with E-state index in [9.17, 15) is 4.79 Å². The Balaban J connectivity index is 1.88. The predicted octanol–water partition coefficient (Wildman–Crippen LogP) is 1.99. The van der Waals surface area contributed by atoms with Gasteiger partial charge in [0.1, 0.15) is 12.2 Å². The summed E-state index contributed by atoms with van der Waals surface area (Å²) in [6.07, 6.45) is 2.40.